The number of aliphatic hydroxyl groups is 1. The fourth-order valence-corrected chi connectivity index (χ4v) is 3.13. The van der Waals surface area contributed by atoms with Gasteiger partial charge >= 0.3 is 0 Å². The molecule has 0 saturated carbocycles. The summed E-state index contributed by atoms with van der Waals surface area (Å²) in [5.41, 5.74) is 0.937. The lowest BCUT2D eigenvalue weighted by molar-refractivity contribution is -0.107. The highest BCUT2D eigenvalue weighted by Crippen LogP contribution is 2.22. The van der Waals surface area contributed by atoms with E-state index in [4.69, 9.17) is 9.47 Å². The highest BCUT2D eigenvalue weighted by atomic mass is 28.1. The number of hydrogen-bond acceptors (Lipinski definition) is 3. The van der Waals surface area contributed by atoms with Crippen molar-refractivity contribution in [1.82, 2.24) is 0 Å². The molecule has 3 nitrogen and oxygen atoms in total. The second-order valence-corrected chi connectivity index (χ2v) is 6.61. The standard InChI is InChI=1S/C19H31O3Si/c1-21-19(22-2)15-10-8-6-4-3-5-7-9-13-17(20)16-12-11-14-18(16)23/h11-12,14,19-20H,3-10,13,15H2,1-2H3/b17-16-. The van der Waals surface area contributed by atoms with Crippen LogP contribution >= 0.6 is 0 Å². The monoisotopic (exact) mass is 335 g/mol. The molecular weight excluding hydrogens is 304 g/mol. The second kappa shape index (κ2) is 12.6. The van der Waals surface area contributed by atoms with Crippen LogP contribution in [-0.4, -0.2) is 35.9 Å². The molecule has 0 unspecified atom stereocenters. The normalized spacial score (nSPS) is 16.3. The first-order valence-corrected chi connectivity index (χ1v) is 9.27. The molecule has 1 aliphatic rings. The van der Waals surface area contributed by atoms with Gasteiger partial charge in [0.2, 0.25) is 0 Å². The van der Waals surface area contributed by atoms with Crippen molar-refractivity contribution < 1.29 is 14.6 Å². The Labute approximate surface area is 144 Å². The molecule has 3 radical (unpaired) electrons. The molecule has 0 saturated heterocycles. The van der Waals surface area contributed by atoms with E-state index in [9.17, 15) is 5.11 Å². The average molecular weight is 336 g/mol. The van der Waals surface area contributed by atoms with Gasteiger partial charge in [-0.15, -0.1) is 0 Å². The Hall–Kier alpha value is -0.843. The molecule has 0 fully saturated rings. The minimum absolute atomic E-state index is 0.0405. The molecule has 0 heterocycles. The predicted molar refractivity (Wildman–Crippen MR) is 96.6 cm³/mol. The highest BCUT2D eigenvalue weighted by molar-refractivity contribution is 6.25. The van der Waals surface area contributed by atoms with Gasteiger partial charge in [0.05, 0.1) is 16.0 Å². The van der Waals surface area contributed by atoms with E-state index in [1.165, 1.54) is 44.9 Å². The maximum atomic E-state index is 10.0. The lowest BCUT2D eigenvalue weighted by atomic mass is 10.0. The molecule has 1 aliphatic carbocycles. The van der Waals surface area contributed by atoms with Crippen molar-refractivity contribution in [1.29, 1.82) is 0 Å². The van der Waals surface area contributed by atoms with E-state index >= 15 is 0 Å². The van der Waals surface area contributed by atoms with E-state index in [1.807, 2.05) is 18.2 Å². The number of allylic oxidation sites excluding steroid dienone is 6. The van der Waals surface area contributed by atoms with Crippen molar-refractivity contribution in [3.63, 3.8) is 0 Å². The largest absolute Gasteiger partial charge is 0.512 e. The Kier molecular flexibility index (Phi) is 11.0. The van der Waals surface area contributed by atoms with Gasteiger partial charge in [0.1, 0.15) is 0 Å². The third kappa shape index (κ3) is 8.54. The molecule has 1 rings (SSSR count). The third-order valence-electron chi connectivity index (χ3n) is 4.26. The van der Waals surface area contributed by atoms with Gasteiger partial charge in [0.25, 0.3) is 0 Å². The number of rotatable bonds is 13. The molecule has 129 valence electrons. The Morgan fingerprint density at radius 1 is 1.00 bits per heavy atom. The fraction of sp³-hybridized carbons (Fsp3) is 0.684. The molecule has 0 aliphatic heterocycles. The van der Waals surface area contributed by atoms with Crippen molar-refractivity contribution in [2.45, 2.75) is 70.5 Å². The zero-order valence-electron chi connectivity index (χ0n) is 14.6. The quantitative estimate of drug-likeness (QED) is 0.224. The number of ether oxygens (including phenoxy) is 2. The van der Waals surface area contributed by atoms with Gasteiger partial charge < -0.3 is 14.6 Å². The van der Waals surface area contributed by atoms with E-state index in [-0.39, 0.29) is 6.29 Å². The first kappa shape index (κ1) is 20.2. The van der Waals surface area contributed by atoms with Crippen molar-refractivity contribution in [3.05, 3.63) is 34.8 Å². The van der Waals surface area contributed by atoms with Crippen molar-refractivity contribution in [2.75, 3.05) is 14.2 Å². The lowest BCUT2D eigenvalue weighted by Crippen LogP contribution is -2.12. The molecule has 0 bridgehead atoms. The maximum Gasteiger partial charge on any atom is 0.156 e. The van der Waals surface area contributed by atoms with Crippen LogP contribution in [0, 0.1) is 0 Å². The first-order valence-electron chi connectivity index (χ1n) is 8.77. The molecule has 0 aromatic heterocycles. The third-order valence-corrected chi connectivity index (χ3v) is 4.69. The van der Waals surface area contributed by atoms with E-state index < -0.39 is 0 Å². The number of aliphatic hydroxyl groups excluding tert-OH is 1. The van der Waals surface area contributed by atoms with Crippen LogP contribution in [-0.2, 0) is 9.47 Å². The summed E-state index contributed by atoms with van der Waals surface area (Å²) in [6.07, 6.45) is 17.4. The van der Waals surface area contributed by atoms with Crippen LogP contribution < -0.4 is 0 Å². The number of methoxy groups -OCH3 is 2. The molecule has 0 spiro atoms. The summed E-state index contributed by atoms with van der Waals surface area (Å²) in [6, 6.07) is 0. The zero-order chi connectivity index (χ0) is 16.9. The van der Waals surface area contributed by atoms with Crippen LogP contribution in [0.3, 0.4) is 0 Å². The summed E-state index contributed by atoms with van der Waals surface area (Å²) >= 11 is 0. The van der Waals surface area contributed by atoms with E-state index in [1.54, 1.807) is 14.2 Å². The van der Waals surface area contributed by atoms with Crippen LogP contribution in [0.4, 0.5) is 0 Å². The SMILES string of the molecule is COC(CCCCCCCCCC/C(O)=C1\C=CC=C1[Si])OC. The van der Waals surface area contributed by atoms with E-state index in [0.29, 0.717) is 5.76 Å². The average Bonchev–Trinajstić information content (AvgIpc) is 2.99. The first-order chi connectivity index (χ1) is 11.2. The summed E-state index contributed by atoms with van der Waals surface area (Å²) in [4.78, 5) is 0. The van der Waals surface area contributed by atoms with Gasteiger partial charge in [-0.05, 0) is 19.3 Å². The van der Waals surface area contributed by atoms with Crippen LogP contribution in [0.25, 0.3) is 0 Å². The zero-order valence-corrected chi connectivity index (χ0v) is 15.6. The predicted octanol–water partition coefficient (Wildman–Crippen LogP) is 4.94. The molecule has 0 aromatic rings. The molecule has 0 aromatic carbocycles. The Morgan fingerprint density at radius 3 is 2.09 bits per heavy atom. The minimum atomic E-state index is -0.0405. The van der Waals surface area contributed by atoms with Gasteiger partial charge in [-0.2, -0.15) is 0 Å². The van der Waals surface area contributed by atoms with Crippen LogP contribution in [0.5, 0.6) is 0 Å². The Bertz CT molecular complexity index is 409. The molecule has 4 heteroatoms. The van der Waals surface area contributed by atoms with E-state index in [0.717, 1.165) is 30.0 Å². The molecule has 0 amide bonds. The topological polar surface area (TPSA) is 38.7 Å². The van der Waals surface area contributed by atoms with Gasteiger partial charge in [0.15, 0.2) is 6.29 Å². The number of hydrogen-bond donors (Lipinski definition) is 1. The second-order valence-electron chi connectivity index (χ2n) is 6.07. The summed E-state index contributed by atoms with van der Waals surface area (Å²) in [5.74, 6) is 0.505. The summed E-state index contributed by atoms with van der Waals surface area (Å²) < 4.78 is 10.4. The fourth-order valence-electron chi connectivity index (χ4n) is 2.80. The highest BCUT2D eigenvalue weighted by Gasteiger charge is 2.07. The van der Waals surface area contributed by atoms with Crippen molar-refractivity contribution in [3.8, 4) is 0 Å². The van der Waals surface area contributed by atoms with Crippen LogP contribution in [0.1, 0.15) is 64.2 Å². The smallest absolute Gasteiger partial charge is 0.156 e. The lowest BCUT2D eigenvalue weighted by Gasteiger charge is -2.12. The Balaban J connectivity index is 1.92. The summed E-state index contributed by atoms with van der Waals surface area (Å²) in [6.45, 7) is 0. The van der Waals surface area contributed by atoms with Gasteiger partial charge in [0, 0.05) is 26.2 Å². The van der Waals surface area contributed by atoms with Crippen molar-refractivity contribution >= 4 is 10.2 Å². The number of unbranched alkanes of at least 4 members (excludes halogenated alkanes) is 7. The summed E-state index contributed by atoms with van der Waals surface area (Å²) in [5, 5.41) is 11.0. The molecular formula is C19H31O3Si. The molecule has 0 atom stereocenters. The van der Waals surface area contributed by atoms with Gasteiger partial charge in [-0.3, -0.25) is 0 Å². The Morgan fingerprint density at radius 2 is 1.57 bits per heavy atom. The van der Waals surface area contributed by atoms with Gasteiger partial charge in [-0.25, -0.2) is 0 Å². The van der Waals surface area contributed by atoms with Crippen LogP contribution in [0.2, 0.25) is 0 Å². The van der Waals surface area contributed by atoms with Gasteiger partial charge in [-0.1, -0.05) is 61.9 Å². The van der Waals surface area contributed by atoms with Crippen LogP contribution in [0.15, 0.2) is 34.8 Å². The summed E-state index contributed by atoms with van der Waals surface area (Å²) in [7, 11) is 6.89. The molecule has 1 N–H and O–H groups in total. The van der Waals surface area contributed by atoms with E-state index in [2.05, 4.69) is 10.2 Å². The maximum absolute atomic E-state index is 10.0. The minimum Gasteiger partial charge on any atom is -0.512 e. The van der Waals surface area contributed by atoms with Crippen molar-refractivity contribution in [2.24, 2.45) is 0 Å². The molecule has 23 heavy (non-hydrogen) atoms.